The number of hydrogen-bond donors (Lipinski definition) is 1. The first kappa shape index (κ1) is 15.8. The number of thioether (sulfide) groups is 1. The van der Waals surface area contributed by atoms with E-state index in [1.807, 2.05) is 49.1 Å². The smallest absolute Gasteiger partial charge is 0.212 e. The number of para-hydroxylation sites is 1. The summed E-state index contributed by atoms with van der Waals surface area (Å²) in [6.45, 7) is 0.372. The van der Waals surface area contributed by atoms with E-state index in [4.69, 9.17) is 4.74 Å². The zero-order valence-electron chi connectivity index (χ0n) is 14.1. The monoisotopic (exact) mass is 353 g/mol. The number of hydrogen-bond acceptors (Lipinski definition) is 6. The highest BCUT2D eigenvalue weighted by Gasteiger charge is 2.27. The van der Waals surface area contributed by atoms with Gasteiger partial charge in [-0.05, 0) is 29.8 Å². The Balaban J connectivity index is 1.45. The van der Waals surface area contributed by atoms with Crippen molar-refractivity contribution in [3.8, 4) is 5.75 Å². The van der Waals surface area contributed by atoms with Crippen LogP contribution in [0.1, 0.15) is 16.8 Å². The van der Waals surface area contributed by atoms with Crippen molar-refractivity contribution in [2.45, 2.75) is 17.1 Å². The van der Waals surface area contributed by atoms with E-state index in [2.05, 4.69) is 44.8 Å². The Morgan fingerprint density at radius 1 is 1.08 bits per heavy atom. The third-order valence-electron chi connectivity index (χ3n) is 3.99. The Hall–Kier alpha value is -2.67. The maximum atomic E-state index is 5.78. The minimum absolute atomic E-state index is 0.122. The third-order valence-corrected chi connectivity index (χ3v) is 5.08. The van der Waals surface area contributed by atoms with Gasteiger partial charge in [-0.2, -0.15) is 0 Å². The molecular formula is C18H19N5OS. The zero-order valence-corrected chi connectivity index (χ0v) is 14.9. The quantitative estimate of drug-likeness (QED) is 0.760. The SMILES string of the molecule is CN(C)c1ccc([C@@H]2Nn3c(COc4ccccc4)nnc3S2)cc1. The Morgan fingerprint density at radius 2 is 1.84 bits per heavy atom. The predicted molar refractivity (Wildman–Crippen MR) is 99.5 cm³/mol. The molecule has 0 radical (unpaired) electrons. The largest absolute Gasteiger partial charge is 0.486 e. The van der Waals surface area contributed by atoms with Crippen LogP contribution in [-0.4, -0.2) is 29.0 Å². The first-order valence-corrected chi connectivity index (χ1v) is 8.91. The zero-order chi connectivity index (χ0) is 17.2. The van der Waals surface area contributed by atoms with Crippen molar-refractivity contribution in [3.05, 3.63) is 66.0 Å². The maximum Gasteiger partial charge on any atom is 0.212 e. The van der Waals surface area contributed by atoms with Gasteiger partial charge < -0.3 is 15.1 Å². The molecule has 4 rings (SSSR count). The Kier molecular flexibility index (Phi) is 4.23. The van der Waals surface area contributed by atoms with Gasteiger partial charge in [0.05, 0.1) is 0 Å². The Labute approximate surface area is 150 Å². The molecule has 0 spiro atoms. The molecule has 0 bridgehead atoms. The van der Waals surface area contributed by atoms with Crippen molar-refractivity contribution in [3.63, 3.8) is 0 Å². The second-order valence-corrected chi connectivity index (χ2v) is 7.02. The van der Waals surface area contributed by atoms with Crippen LogP contribution in [0.2, 0.25) is 0 Å². The maximum absolute atomic E-state index is 5.78. The van der Waals surface area contributed by atoms with E-state index in [1.54, 1.807) is 11.8 Å². The molecule has 0 amide bonds. The van der Waals surface area contributed by atoms with Crippen LogP contribution in [0, 0.1) is 0 Å². The molecule has 1 aromatic heterocycles. The number of benzene rings is 2. The molecule has 2 heterocycles. The average molecular weight is 353 g/mol. The van der Waals surface area contributed by atoms with E-state index < -0.39 is 0 Å². The molecule has 0 saturated carbocycles. The summed E-state index contributed by atoms with van der Waals surface area (Å²) in [7, 11) is 4.08. The number of rotatable bonds is 5. The molecular weight excluding hydrogens is 334 g/mol. The Morgan fingerprint density at radius 3 is 2.56 bits per heavy atom. The molecule has 3 aromatic rings. The molecule has 1 atom stereocenters. The Bertz CT molecular complexity index is 848. The van der Waals surface area contributed by atoms with E-state index in [9.17, 15) is 0 Å². The van der Waals surface area contributed by atoms with E-state index in [0.717, 1.165) is 16.7 Å². The number of fused-ring (bicyclic) bond motifs is 1. The molecule has 0 unspecified atom stereocenters. The van der Waals surface area contributed by atoms with Crippen LogP contribution in [-0.2, 0) is 6.61 Å². The minimum atomic E-state index is 0.122. The first-order chi connectivity index (χ1) is 12.2. The van der Waals surface area contributed by atoms with E-state index in [0.29, 0.717) is 6.61 Å². The number of ether oxygens (including phenoxy) is 1. The first-order valence-electron chi connectivity index (χ1n) is 8.03. The third kappa shape index (κ3) is 3.28. The summed E-state index contributed by atoms with van der Waals surface area (Å²) in [6.07, 6.45) is 0. The van der Waals surface area contributed by atoms with Crippen LogP contribution in [0.5, 0.6) is 5.75 Å². The highest BCUT2D eigenvalue weighted by molar-refractivity contribution is 7.99. The van der Waals surface area contributed by atoms with Gasteiger partial charge >= 0.3 is 0 Å². The van der Waals surface area contributed by atoms with Crippen LogP contribution in [0.3, 0.4) is 0 Å². The number of aromatic nitrogens is 3. The van der Waals surface area contributed by atoms with Gasteiger partial charge in [0.2, 0.25) is 5.16 Å². The van der Waals surface area contributed by atoms with Crippen molar-refractivity contribution in [2.24, 2.45) is 0 Å². The van der Waals surface area contributed by atoms with Crippen LogP contribution in [0.4, 0.5) is 5.69 Å². The fourth-order valence-electron chi connectivity index (χ4n) is 2.60. The topological polar surface area (TPSA) is 55.2 Å². The summed E-state index contributed by atoms with van der Waals surface area (Å²) in [5.41, 5.74) is 5.83. The fourth-order valence-corrected chi connectivity index (χ4v) is 3.62. The normalized spacial score (nSPS) is 15.5. The number of anilines is 1. The van der Waals surface area contributed by atoms with Crippen LogP contribution >= 0.6 is 11.8 Å². The summed E-state index contributed by atoms with van der Waals surface area (Å²) < 4.78 is 7.70. The lowest BCUT2D eigenvalue weighted by Crippen LogP contribution is -2.17. The number of nitrogens with zero attached hydrogens (tertiary/aromatic N) is 4. The minimum Gasteiger partial charge on any atom is -0.486 e. The standard InChI is InChI=1S/C18H19N5OS/c1-22(2)14-10-8-13(9-11-14)17-21-23-16(19-20-18(23)25-17)12-24-15-6-4-3-5-7-15/h3-11,17,21H,12H2,1-2H3/t17-/m1/s1. The summed E-state index contributed by atoms with van der Waals surface area (Å²) >= 11 is 1.66. The van der Waals surface area contributed by atoms with Crippen LogP contribution in [0.25, 0.3) is 0 Å². The van der Waals surface area contributed by atoms with Crippen molar-refractivity contribution < 1.29 is 4.74 Å². The summed E-state index contributed by atoms with van der Waals surface area (Å²) in [5, 5.41) is 9.45. The molecule has 2 aromatic carbocycles. The van der Waals surface area contributed by atoms with Crippen molar-refractivity contribution in [1.29, 1.82) is 0 Å². The second-order valence-electron chi connectivity index (χ2n) is 5.95. The lowest BCUT2D eigenvalue weighted by molar-refractivity contribution is 0.291. The van der Waals surface area contributed by atoms with Crippen LogP contribution < -0.4 is 15.1 Å². The van der Waals surface area contributed by atoms with Gasteiger partial charge in [0.25, 0.3) is 0 Å². The summed E-state index contributed by atoms with van der Waals surface area (Å²) in [5.74, 6) is 1.58. The van der Waals surface area contributed by atoms with Crippen LogP contribution in [0.15, 0.2) is 59.8 Å². The molecule has 6 nitrogen and oxygen atoms in total. The van der Waals surface area contributed by atoms with Gasteiger partial charge in [-0.3, -0.25) is 0 Å². The molecule has 0 saturated heterocycles. The highest BCUT2D eigenvalue weighted by Crippen LogP contribution is 2.38. The second kappa shape index (κ2) is 6.68. The van der Waals surface area contributed by atoms with Crippen molar-refractivity contribution in [2.75, 3.05) is 24.4 Å². The van der Waals surface area contributed by atoms with Gasteiger partial charge in [-0.1, -0.05) is 42.1 Å². The molecule has 25 heavy (non-hydrogen) atoms. The lowest BCUT2D eigenvalue weighted by Gasteiger charge is -2.15. The van der Waals surface area contributed by atoms with Gasteiger partial charge in [-0.15, -0.1) is 10.2 Å². The fraction of sp³-hybridized carbons (Fsp3) is 0.222. The van der Waals surface area contributed by atoms with E-state index in [1.165, 1.54) is 11.3 Å². The molecule has 128 valence electrons. The highest BCUT2D eigenvalue weighted by atomic mass is 32.2. The molecule has 1 N–H and O–H groups in total. The molecule has 0 aliphatic carbocycles. The predicted octanol–water partition coefficient (Wildman–Crippen LogP) is 3.27. The lowest BCUT2D eigenvalue weighted by atomic mass is 10.2. The average Bonchev–Trinajstić information content (AvgIpc) is 3.22. The molecule has 1 aliphatic rings. The summed E-state index contributed by atoms with van der Waals surface area (Å²) in [6, 6.07) is 18.2. The van der Waals surface area contributed by atoms with Gasteiger partial charge in [-0.25, -0.2) is 4.68 Å². The van der Waals surface area contributed by atoms with Gasteiger partial charge in [0.1, 0.15) is 17.7 Å². The van der Waals surface area contributed by atoms with E-state index >= 15 is 0 Å². The molecule has 0 fully saturated rings. The van der Waals surface area contributed by atoms with Gasteiger partial charge in [0.15, 0.2) is 5.82 Å². The summed E-state index contributed by atoms with van der Waals surface area (Å²) in [4.78, 5) is 2.09. The van der Waals surface area contributed by atoms with E-state index in [-0.39, 0.29) is 5.37 Å². The molecule has 7 heteroatoms. The van der Waals surface area contributed by atoms with Crippen molar-refractivity contribution in [1.82, 2.24) is 14.9 Å². The number of nitrogens with one attached hydrogen (secondary N) is 1. The van der Waals surface area contributed by atoms with Gasteiger partial charge in [0, 0.05) is 19.8 Å². The van der Waals surface area contributed by atoms with Crippen molar-refractivity contribution >= 4 is 17.4 Å². The molecule has 1 aliphatic heterocycles.